The number of hydrogen-bond acceptors (Lipinski definition) is 5. The smallest absolute Gasteiger partial charge is 0.505 e. The highest BCUT2D eigenvalue weighted by atomic mass is 16.7. The van der Waals surface area contributed by atoms with Gasteiger partial charge in [-0.05, 0) is 18.8 Å². The van der Waals surface area contributed by atoms with E-state index < -0.39 is 12.3 Å². The van der Waals surface area contributed by atoms with Crippen LogP contribution in [-0.4, -0.2) is 30.6 Å². The Morgan fingerprint density at radius 2 is 1.79 bits per heavy atom. The second-order valence-electron chi connectivity index (χ2n) is 2.90. The maximum atomic E-state index is 9.95. The normalized spacial score (nSPS) is 11.8. The van der Waals surface area contributed by atoms with Crippen molar-refractivity contribution in [2.75, 3.05) is 13.2 Å². The molecule has 0 aromatic heterocycles. The van der Waals surface area contributed by atoms with Gasteiger partial charge in [0.15, 0.2) is 0 Å². The van der Waals surface area contributed by atoms with Gasteiger partial charge in [-0.2, -0.15) is 0 Å². The van der Waals surface area contributed by atoms with Gasteiger partial charge in [0, 0.05) is 6.61 Å². The van der Waals surface area contributed by atoms with Crippen LogP contribution in [0.1, 0.15) is 19.8 Å². The van der Waals surface area contributed by atoms with Gasteiger partial charge < -0.3 is 24.5 Å². The highest BCUT2D eigenvalue weighted by Gasteiger charge is 2.03. The van der Waals surface area contributed by atoms with Crippen molar-refractivity contribution in [2.45, 2.75) is 19.8 Å². The highest BCUT2D eigenvalue weighted by molar-refractivity contribution is 5.56. The summed E-state index contributed by atoms with van der Waals surface area (Å²) in [4.78, 5) is 19.8. The Bertz CT molecular complexity index is 170. The van der Waals surface area contributed by atoms with Crippen molar-refractivity contribution in [2.24, 2.45) is 5.92 Å². The molecular weight excluding hydrogens is 192 g/mol. The minimum Gasteiger partial charge on any atom is -0.550 e. The first-order valence-electron chi connectivity index (χ1n) is 4.22. The Morgan fingerprint density at radius 1 is 1.29 bits per heavy atom. The van der Waals surface area contributed by atoms with Gasteiger partial charge in [0.25, 0.3) is 6.16 Å². The van der Waals surface area contributed by atoms with E-state index in [1.807, 2.05) is 6.92 Å². The molecule has 0 heterocycles. The van der Waals surface area contributed by atoms with E-state index in [2.05, 4.69) is 9.47 Å². The minimum absolute atomic E-state index is 0.0660. The van der Waals surface area contributed by atoms with E-state index in [4.69, 9.17) is 5.11 Å². The van der Waals surface area contributed by atoms with E-state index in [1.54, 1.807) is 0 Å². The third kappa shape index (κ3) is 8.63. The fourth-order valence-corrected chi connectivity index (χ4v) is 0.835. The lowest BCUT2D eigenvalue weighted by Gasteiger charge is -2.13. The largest absolute Gasteiger partial charge is 0.550 e. The summed E-state index contributed by atoms with van der Waals surface area (Å²) in [5, 5.41) is 18.0. The van der Waals surface area contributed by atoms with Crippen LogP contribution in [0.2, 0.25) is 0 Å². The van der Waals surface area contributed by atoms with Crippen LogP contribution < -0.4 is 5.11 Å². The van der Waals surface area contributed by atoms with Crippen LogP contribution in [0, 0.1) is 5.92 Å². The summed E-state index contributed by atoms with van der Waals surface area (Å²) >= 11 is 0. The molecule has 0 amide bonds. The first-order chi connectivity index (χ1) is 6.52. The SMILES string of the molecule is CC(CCOC(=O)[O-])CCOC(=O)O. The Kier molecular flexibility index (Phi) is 6.26. The molecule has 0 fully saturated rings. The molecule has 82 valence electrons. The standard InChI is InChI=1S/C8H14O6/c1-6(2-4-13-7(9)10)3-5-14-8(11)12/h6H,2-5H2,1H3,(H,9,10)(H,11,12)/p-1. The maximum absolute atomic E-state index is 9.95. The molecule has 0 radical (unpaired) electrons. The van der Waals surface area contributed by atoms with Crippen LogP contribution in [-0.2, 0) is 9.47 Å². The second-order valence-corrected chi connectivity index (χ2v) is 2.90. The number of carboxylic acid groups (broad SMARTS) is 2. The summed E-state index contributed by atoms with van der Waals surface area (Å²) in [5.41, 5.74) is 0. The summed E-state index contributed by atoms with van der Waals surface area (Å²) in [5.74, 6) is 0.147. The summed E-state index contributed by atoms with van der Waals surface area (Å²) in [7, 11) is 0. The zero-order chi connectivity index (χ0) is 11.0. The van der Waals surface area contributed by atoms with Gasteiger partial charge in [-0.15, -0.1) is 0 Å². The van der Waals surface area contributed by atoms with Crippen LogP contribution in [0.25, 0.3) is 0 Å². The van der Waals surface area contributed by atoms with Crippen molar-refractivity contribution in [1.29, 1.82) is 0 Å². The molecule has 0 rings (SSSR count). The molecule has 1 atom stereocenters. The van der Waals surface area contributed by atoms with Crippen LogP contribution in [0.15, 0.2) is 0 Å². The number of carbonyl (C=O) groups excluding carboxylic acids is 1. The summed E-state index contributed by atoms with van der Waals surface area (Å²) in [6.45, 7) is 2.03. The van der Waals surface area contributed by atoms with Gasteiger partial charge in [0.2, 0.25) is 0 Å². The zero-order valence-electron chi connectivity index (χ0n) is 7.89. The summed E-state index contributed by atoms with van der Waals surface area (Å²) in [6, 6.07) is 0. The summed E-state index contributed by atoms with van der Waals surface area (Å²) < 4.78 is 8.48. The predicted octanol–water partition coefficient (Wildman–Crippen LogP) is 0.457. The van der Waals surface area contributed by atoms with Gasteiger partial charge in [0.05, 0.1) is 6.61 Å². The van der Waals surface area contributed by atoms with E-state index in [1.165, 1.54) is 0 Å². The van der Waals surface area contributed by atoms with Crippen LogP contribution in [0.3, 0.4) is 0 Å². The van der Waals surface area contributed by atoms with Crippen molar-refractivity contribution in [3.05, 3.63) is 0 Å². The highest BCUT2D eigenvalue weighted by Crippen LogP contribution is 2.07. The first kappa shape index (κ1) is 12.5. The predicted molar refractivity (Wildman–Crippen MR) is 43.7 cm³/mol. The average Bonchev–Trinajstić information content (AvgIpc) is 2.02. The van der Waals surface area contributed by atoms with Crippen molar-refractivity contribution in [1.82, 2.24) is 0 Å². The lowest BCUT2D eigenvalue weighted by atomic mass is 10.1. The van der Waals surface area contributed by atoms with Gasteiger partial charge in [-0.1, -0.05) is 6.92 Å². The van der Waals surface area contributed by atoms with Gasteiger partial charge in [0.1, 0.15) is 0 Å². The molecule has 0 saturated carbocycles. The Balaban J connectivity index is 3.32. The van der Waals surface area contributed by atoms with E-state index >= 15 is 0 Å². The lowest BCUT2D eigenvalue weighted by Crippen LogP contribution is -2.24. The topological polar surface area (TPSA) is 95.9 Å². The zero-order valence-corrected chi connectivity index (χ0v) is 7.89. The molecule has 14 heavy (non-hydrogen) atoms. The van der Waals surface area contributed by atoms with E-state index in [0.29, 0.717) is 12.8 Å². The molecule has 0 bridgehead atoms. The molecule has 0 aliphatic rings. The molecule has 0 aromatic carbocycles. The molecule has 1 unspecified atom stereocenters. The van der Waals surface area contributed by atoms with Gasteiger partial charge >= 0.3 is 6.16 Å². The van der Waals surface area contributed by atoms with Crippen molar-refractivity contribution >= 4 is 12.3 Å². The summed E-state index contributed by atoms with van der Waals surface area (Å²) in [6.07, 6.45) is -1.78. The average molecular weight is 205 g/mol. The Labute approximate surface area is 81.4 Å². The molecule has 0 spiro atoms. The minimum atomic E-state index is -1.54. The molecule has 0 saturated heterocycles. The number of carbonyl (C=O) groups is 2. The molecule has 6 nitrogen and oxygen atoms in total. The van der Waals surface area contributed by atoms with E-state index in [0.717, 1.165) is 0 Å². The number of rotatable bonds is 6. The maximum Gasteiger partial charge on any atom is 0.505 e. The fraction of sp³-hybridized carbons (Fsp3) is 0.750. The fourth-order valence-electron chi connectivity index (χ4n) is 0.835. The van der Waals surface area contributed by atoms with Gasteiger partial charge in [-0.3, -0.25) is 0 Å². The van der Waals surface area contributed by atoms with Crippen molar-refractivity contribution < 1.29 is 29.3 Å². The van der Waals surface area contributed by atoms with E-state index in [9.17, 15) is 14.7 Å². The van der Waals surface area contributed by atoms with Crippen molar-refractivity contribution in [3.8, 4) is 0 Å². The van der Waals surface area contributed by atoms with Crippen LogP contribution >= 0.6 is 0 Å². The first-order valence-corrected chi connectivity index (χ1v) is 4.22. The lowest BCUT2D eigenvalue weighted by molar-refractivity contribution is -0.282. The molecule has 1 N–H and O–H groups in total. The molecular formula is C8H13O6-. The molecule has 0 aliphatic heterocycles. The third-order valence-corrected chi connectivity index (χ3v) is 1.67. The Morgan fingerprint density at radius 3 is 2.21 bits per heavy atom. The van der Waals surface area contributed by atoms with E-state index in [-0.39, 0.29) is 19.1 Å². The monoisotopic (exact) mass is 205 g/mol. The van der Waals surface area contributed by atoms with Crippen LogP contribution in [0.5, 0.6) is 0 Å². The number of ether oxygens (including phenoxy) is 2. The molecule has 0 aliphatic carbocycles. The molecule has 0 aromatic rings. The van der Waals surface area contributed by atoms with Gasteiger partial charge in [-0.25, -0.2) is 4.79 Å². The third-order valence-electron chi connectivity index (χ3n) is 1.67. The number of hydrogen-bond donors (Lipinski definition) is 1. The second kappa shape index (κ2) is 6.99. The Hall–Kier alpha value is -1.46. The molecule has 6 heteroatoms. The van der Waals surface area contributed by atoms with Crippen molar-refractivity contribution in [3.63, 3.8) is 0 Å². The quantitative estimate of drug-likeness (QED) is 0.632. The van der Waals surface area contributed by atoms with Crippen LogP contribution in [0.4, 0.5) is 9.59 Å².